The lowest BCUT2D eigenvalue weighted by Gasteiger charge is -2.21. The zero-order chi connectivity index (χ0) is 14.3. The Bertz CT molecular complexity index is 346. The molecule has 1 amide bonds. The predicted molar refractivity (Wildman–Crippen MR) is 72.4 cm³/mol. The van der Waals surface area contributed by atoms with Crippen LogP contribution in [0.1, 0.15) is 32.1 Å². The molecule has 0 aromatic rings. The van der Waals surface area contributed by atoms with Crippen LogP contribution in [0.4, 0.5) is 4.79 Å². The number of allylic oxidation sites excluding steroid dienone is 1. The van der Waals surface area contributed by atoms with Crippen molar-refractivity contribution in [3.05, 3.63) is 12.2 Å². The van der Waals surface area contributed by atoms with Crippen LogP contribution in [0.5, 0.6) is 0 Å². The zero-order valence-electron chi connectivity index (χ0n) is 11.0. The second kappa shape index (κ2) is 8.04. The maximum Gasteiger partial charge on any atom is 0.407 e. The number of alkyl halides is 1. The molecule has 19 heavy (non-hydrogen) atoms. The normalized spacial score (nSPS) is 22.9. The summed E-state index contributed by atoms with van der Waals surface area (Å²) in [6, 6.07) is -0.143. The minimum Gasteiger partial charge on any atom is -0.469 e. The van der Waals surface area contributed by atoms with E-state index >= 15 is 0 Å². The van der Waals surface area contributed by atoms with Gasteiger partial charge in [-0.15, -0.1) is 11.6 Å². The van der Waals surface area contributed by atoms with Gasteiger partial charge in [0.05, 0.1) is 18.5 Å². The number of carboxylic acid groups (broad SMARTS) is 1. The van der Waals surface area contributed by atoms with Crippen molar-refractivity contribution in [1.29, 1.82) is 0 Å². The molecule has 0 aliphatic carbocycles. The Hall–Kier alpha value is -1.23. The quantitative estimate of drug-likeness (QED) is 0.353. The molecule has 1 N–H and O–H groups in total. The number of unbranched alkanes of at least 4 members (excludes halogenated alkanes) is 1. The fraction of sp³-hybridized carbons (Fsp3) is 0.692. The van der Waals surface area contributed by atoms with Gasteiger partial charge in [0.2, 0.25) is 0 Å². The monoisotopic (exact) mass is 289 g/mol. The van der Waals surface area contributed by atoms with Gasteiger partial charge in [-0.25, -0.2) is 4.79 Å². The third kappa shape index (κ3) is 5.11. The molecule has 0 bridgehead atoms. The van der Waals surface area contributed by atoms with Crippen LogP contribution in [-0.2, 0) is 9.53 Å². The number of nitrogens with zero attached hydrogens (tertiary/aromatic N) is 1. The number of esters is 1. The lowest BCUT2D eigenvalue weighted by atomic mass is 10.1. The van der Waals surface area contributed by atoms with E-state index in [-0.39, 0.29) is 17.4 Å². The van der Waals surface area contributed by atoms with Crippen LogP contribution >= 0.6 is 11.6 Å². The third-order valence-electron chi connectivity index (χ3n) is 3.23. The predicted octanol–water partition coefficient (Wildman–Crippen LogP) is 2.64. The number of carbonyl (C=O) groups excluding carboxylic acids is 1. The summed E-state index contributed by atoms with van der Waals surface area (Å²) in [5.41, 5.74) is 0. The topological polar surface area (TPSA) is 66.8 Å². The van der Waals surface area contributed by atoms with E-state index < -0.39 is 6.09 Å². The first-order chi connectivity index (χ1) is 9.06. The Labute approximate surface area is 118 Å². The number of rotatable bonds is 6. The Morgan fingerprint density at radius 1 is 1.47 bits per heavy atom. The van der Waals surface area contributed by atoms with Crippen molar-refractivity contribution in [2.24, 2.45) is 0 Å². The van der Waals surface area contributed by atoms with Gasteiger partial charge < -0.3 is 14.7 Å². The molecule has 0 aromatic heterocycles. The zero-order valence-corrected chi connectivity index (χ0v) is 11.8. The fourth-order valence-corrected chi connectivity index (χ4v) is 2.48. The largest absolute Gasteiger partial charge is 0.469 e. The third-order valence-corrected chi connectivity index (χ3v) is 3.74. The van der Waals surface area contributed by atoms with Crippen LogP contribution in [0, 0.1) is 0 Å². The number of likely N-dealkylation sites (tertiary alicyclic amines) is 1. The van der Waals surface area contributed by atoms with Crippen molar-refractivity contribution in [3.63, 3.8) is 0 Å². The Morgan fingerprint density at radius 2 is 2.21 bits per heavy atom. The second-order valence-corrected chi connectivity index (χ2v) is 5.08. The second-order valence-electron chi connectivity index (χ2n) is 4.52. The maximum atomic E-state index is 11.0. The Kier molecular flexibility index (Phi) is 6.70. The molecule has 1 saturated heterocycles. The molecule has 1 aliphatic heterocycles. The minimum absolute atomic E-state index is 0.115. The van der Waals surface area contributed by atoms with E-state index in [4.69, 9.17) is 16.7 Å². The van der Waals surface area contributed by atoms with E-state index in [2.05, 4.69) is 4.74 Å². The standard InChI is InChI=1S/C13H20ClNO4/c1-19-12(16)7-5-3-2-4-6-11-10(14)8-9-15(11)13(17)18/h2,4,10-11H,3,5-9H2,1H3,(H,17,18)/b4-2-/t10?,11-/m1/s1. The van der Waals surface area contributed by atoms with E-state index in [1.165, 1.54) is 12.0 Å². The first kappa shape index (κ1) is 15.8. The van der Waals surface area contributed by atoms with E-state index in [1.807, 2.05) is 12.2 Å². The first-order valence-corrected chi connectivity index (χ1v) is 6.85. The highest BCUT2D eigenvalue weighted by molar-refractivity contribution is 6.21. The van der Waals surface area contributed by atoms with Crippen LogP contribution in [0.3, 0.4) is 0 Å². The van der Waals surface area contributed by atoms with Gasteiger partial charge in [-0.3, -0.25) is 4.79 Å². The number of ether oxygens (including phenoxy) is 1. The smallest absolute Gasteiger partial charge is 0.407 e. The average Bonchev–Trinajstić information content (AvgIpc) is 2.75. The molecule has 1 fully saturated rings. The molecule has 0 aromatic carbocycles. The molecule has 2 atom stereocenters. The number of halogens is 1. The highest BCUT2D eigenvalue weighted by atomic mass is 35.5. The molecule has 1 unspecified atom stereocenters. The molecule has 0 radical (unpaired) electrons. The number of amides is 1. The van der Waals surface area contributed by atoms with Crippen LogP contribution < -0.4 is 0 Å². The number of hydrogen-bond donors (Lipinski definition) is 1. The average molecular weight is 290 g/mol. The van der Waals surface area contributed by atoms with Gasteiger partial charge in [-0.1, -0.05) is 12.2 Å². The lowest BCUT2D eigenvalue weighted by molar-refractivity contribution is -0.140. The summed E-state index contributed by atoms with van der Waals surface area (Å²) >= 11 is 6.12. The minimum atomic E-state index is -0.910. The molecular weight excluding hydrogens is 270 g/mol. The molecular formula is C13H20ClNO4. The van der Waals surface area contributed by atoms with Crippen molar-refractivity contribution < 1.29 is 19.4 Å². The van der Waals surface area contributed by atoms with Gasteiger partial charge >= 0.3 is 12.1 Å². The van der Waals surface area contributed by atoms with Crippen molar-refractivity contribution in [2.75, 3.05) is 13.7 Å². The van der Waals surface area contributed by atoms with Crippen molar-refractivity contribution in [2.45, 2.75) is 43.5 Å². The van der Waals surface area contributed by atoms with Crippen molar-refractivity contribution >= 4 is 23.7 Å². The van der Waals surface area contributed by atoms with Crippen LogP contribution in [0.2, 0.25) is 0 Å². The van der Waals surface area contributed by atoms with Gasteiger partial charge in [0.1, 0.15) is 0 Å². The van der Waals surface area contributed by atoms with E-state index in [9.17, 15) is 9.59 Å². The van der Waals surface area contributed by atoms with Gasteiger partial charge in [0.15, 0.2) is 0 Å². The van der Waals surface area contributed by atoms with Crippen molar-refractivity contribution in [1.82, 2.24) is 4.90 Å². The van der Waals surface area contributed by atoms with Gasteiger partial charge in [0, 0.05) is 13.0 Å². The summed E-state index contributed by atoms with van der Waals surface area (Å²) in [7, 11) is 1.37. The molecule has 1 aliphatic rings. The highest BCUT2D eigenvalue weighted by Crippen LogP contribution is 2.25. The number of methoxy groups -OCH3 is 1. The first-order valence-electron chi connectivity index (χ1n) is 6.41. The van der Waals surface area contributed by atoms with Crippen LogP contribution in [-0.4, -0.2) is 47.1 Å². The summed E-state index contributed by atoms with van der Waals surface area (Å²) in [5.74, 6) is -0.206. The van der Waals surface area contributed by atoms with E-state index in [0.717, 1.165) is 12.8 Å². The molecule has 1 heterocycles. The van der Waals surface area contributed by atoms with Crippen LogP contribution in [0.15, 0.2) is 12.2 Å². The van der Waals surface area contributed by atoms with Gasteiger partial charge in [0.25, 0.3) is 0 Å². The molecule has 108 valence electrons. The summed E-state index contributed by atoms with van der Waals surface area (Å²) in [6.07, 6.45) is 6.25. The lowest BCUT2D eigenvalue weighted by Crippen LogP contribution is -2.36. The summed E-state index contributed by atoms with van der Waals surface area (Å²) < 4.78 is 4.54. The molecule has 5 nitrogen and oxygen atoms in total. The molecule has 0 spiro atoms. The fourth-order valence-electron chi connectivity index (χ4n) is 2.15. The Morgan fingerprint density at radius 3 is 2.84 bits per heavy atom. The molecule has 0 saturated carbocycles. The van der Waals surface area contributed by atoms with E-state index in [1.54, 1.807) is 0 Å². The SMILES string of the molecule is COC(=O)CCC/C=C\C[C@@H]1C(Cl)CCN1C(=O)O. The number of carbonyl (C=O) groups is 2. The summed E-state index contributed by atoms with van der Waals surface area (Å²) in [4.78, 5) is 23.3. The van der Waals surface area contributed by atoms with Gasteiger partial charge in [-0.05, 0) is 25.7 Å². The van der Waals surface area contributed by atoms with Gasteiger partial charge in [-0.2, -0.15) is 0 Å². The highest BCUT2D eigenvalue weighted by Gasteiger charge is 2.34. The maximum absolute atomic E-state index is 11.0. The summed E-state index contributed by atoms with van der Waals surface area (Å²) in [5, 5.41) is 8.91. The molecule has 6 heteroatoms. The Balaban J connectivity index is 2.26. The molecule has 1 rings (SSSR count). The van der Waals surface area contributed by atoms with Crippen molar-refractivity contribution in [3.8, 4) is 0 Å². The van der Waals surface area contributed by atoms with Crippen LogP contribution in [0.25, 0.3) is 0 Å². The number of hydrogen-bond acceptors (Lipinski definition) is 3. The van der Waals surface area contributed by atoms with E-state index in [0.29, 0.717) is 25.8 Å². The summed E-state index contributed by atoms with van der Waals surface area (Å²) in [6.45, 7) is 0.504.